The predicted molar refractivity (Wildman–Crippen MR) is 51.1 cm³/mol. The summed E-state index contributed by atoms with van der Waals surface area (Å²) < 4.78 is 10.5. The highest BCUT2D eigenvalue weighted by molar-refractivity contribution is 5.60. The number of hydrogen-bond donors (Lipinski definition) is 0. The summed E-state index contributed by atoms with van der Waals surface area (Å²) in [5, 5.41) is 3.69. The lowest BCUT2D eigenvalue weighted by Crippen LogP contribution is -1.85. The first-order valence-corrected chi connectivity index (χ1v) is 4.60. The van der Waals surface area contributed by atoms with Crippen LogP contribution in [0.25, 0.3) is 11.3 Å². The van der Waals surface area contributed by atoms with Crippen LogP contribution in [-0.4, -0.2) is 11.8 Å². The molecule has 0 aliphatic carbocycles. The lowest BCUT2D eigenvalue weighted by Gasteiger charge is -2.00. The number of nitrogens with zero attached hydrogens (tertiary/aromatic N) is 1. The molecule has 0 fully saturated rings. The van der Waals surface area contributed by atoms with E-state index < -0.39 is 0 Å². The van der Waals surface area contributed by atoms with Gasteiger partial charge in [-0.3, -0.25) is 0 Å². The number of fused-ring (bicyclic) bond motifs is 1. The van der Waals surface area contributed by atoms with Crippen LogP contribution in [0.3, 0.4) is 0 Å². The van der Waals surface area contributed by atoms with E-state index in [2.05, 4.69) is 11.2 Å². The fourth-order valence-electron chi connectivity index (χ4n) is 1.70. The molecule has 1 aromatic carbocycles. The summed E-state index contributed by atoms with van der Waals surface area (Å²) in [6.45, 7) is 0.787. The van der Waals surface area contributed by atoms with E-state index in [0.717, 1.165) is 30.1 Å². The van der Waals surface area contributed by atoms with Crippen molar-refractivity contribution in [2.75, 3.05) is 6.61 Å². The fourth-order valence-corrected chi connectivity index (χ4v) is 1.70. The van der Waals surface area contributed by atoms with E-state index in [-0.39, 0.29) is 0 Å². The summed E-state index contributed by atoms with van der Waals surface area (Å²) in [5.41, 5.74) is 2.31. The zero-order valence-electron chi connectivity index (χ0n) is 7.56. The largest absolute Gasteiger partial charge is 0.493 e. The SMILES string of the molecule is c1cc(-c2ccc3c(c2)CCO3)on1. The van der Waals surface area contributed by atoms with Gasteiger partial charge in [-0.2, -0.15) is 0 Å². The first-order valence-electron chi connectivity index (χ1n) is 4.60. The number of hydrogen-bond acceptors (Lipinski definition) is 3. The van der Waals surface area contributed by atoms with Crippen molar-refractivity contribution in [1.82, 2.24) is 5.16 Å². The van der Waals surface area contributed by atoms with Gasteiger partial charge in [0.15, 0.2) is 5.76 Å². The predicted octanol–water partition coefficient (Wildman–Crippen LogP) is 2.28. The van der Waals surface area contributed by atoms with Crippen molar-refractivity contribution < 1.29 is 9.26 Å². The van der Waals surface area contributed by atoms with E-state index in [1.165, 1.54) is 5.56 Å². The second-order valence-corrected chi connectivity index (χ2v) is 3.30. The second kappa shape index (κ2) is 2.87. The van der Waals surface area contributed by atoms with E-state index in [1.54, 1.807) is 6.20 Å². The molecule has 0 unspecified atom stereocenters. The third-order valence-corrected chi connectivity index (χ3v) is 2.41. The van der Waals surface area contributed by atoms with E-state index in [0.29, 0.717) is 0 Å². The molecule has 3 nitrogen and oxygen atoms in total. The van der Waals surface area contributed by atoms with Gasteiger partial charge in [0.1, 0.15) is 5.75 Å². The highest BCUT2D eigenvalue weighted by atomic mass is 16.5. The maximum absolute atomic E-state index is 5.42. The average molecular weight is 187 g/mol. The molecule has 14 heavy (non-hydrogen) atoms. The number of aromatic nitrogens is 1. The lowest BCUT2D eigenvalue weighted by atomic mass is 10.1. The molecule has 0 bridgehead atoms. The highest BCUT2D eigenvalue weighted by Gasteiger charge is 2.13. The topological polar surface area (TPSA) is 35.3 Å². The molecular formula is C11H9NO2. The zero-order chi connectivity index (χ0) is 9.38. The van der Waals surface area contributed by atoms with Gasteiger partial charge in [-0.1, -0.05) is 5.16 Å². The molecule has 0 N–H and O–H groups in total. The molecule has 1 aliphatic rings. The molecule has 0 atom stereocenters. The van der Waals surface area contributed by atoms with Crippen LogP contribution in [0.4, 0.5) is 0 Å². The first-order chi connectivity index (χ1) is 6.93. The molecule has 70 valence electrons. The minimum atomic E-state index is 0.787. The molecular weight excluding hydrogens is 178 g/mol. The van der Waals surface area contributed by atoms with Crippen molar-refractivity contribution in [3.8, 4) is 17.1 Å². The monoisotopic (exact) mass is 187 g/mol. The summed E-state index contributed by atoms with van der Waals surface area (Å²) in [5.74, 6) is 1.80. The molecule has 1 aromatic heterocycles. The van der Waals surface area contributed by atoms with Crippen molar-refractivity contribution >= 4 is 0 Å². The third-order valence-electron chi connectivity index (χ3n) is 2.41. The van der Waals surface area contributed by atoms with E-state index in [4.69, 9.17) is 9.26 Å². The van der Waals surface area contributed by atoms with Crippen molar-refractivity contribution in [1.29, 1.82) is 0 Å². The van der Waals surface area contributed by atoms with Crippen molar-refractivity contribution in [2.24, 2.45) is 0 Å². The Morgan fingerprint density at radius 3 is 3.07 bits per heavy atom. The summed E-state index contributed by atoms with van der Waals surface area (Å²) in [7, 11) is 0. The Morgan fingerprint density at radius 1 is 1.21 bits per heavy atom. The maximum Gasteiger partial charge on any atom is 0.166 e. The van der Waals surface area contributed by atoms with Crippen molar-refractivity contribution in [3.05, 3.63) is 36.0 Å². The minimum Gasteiger partial charge on any atom is -0.493 e. The second-order valence-electron chi connectivity index (χ2n) is 3.30. The Bertz CT molecular complexity index is 448. The van der Waals surface area contributed by atoms with Gasteiger partial charge in [0.25, 0.3) is 0 Å². The average Bonchev–Trinajstić information content (AvgIpc) is 2.88. The van der Waals surface area contributed by atoms with Crippen LogP contribution in [0, 0.1) is 0 Å². The van der Waals surface area contributed by atoms with E-state index >= 15 is 0 Å². The molecule has 0 saturated heterocycles. The van der Waals surface area contributed by atoms with Crippen molar-refractivity contribution in [3.63, 3.8) is 0 Å². The zero-order valence-corrected chi connectivity index (χ0v) is 7.56. The van der Waals surface area contributed by atoms with E-state index in [9.17, 15) is 0 Å². The van der Waals surface area contributed by atoms with Gasteiger partial charge in [0, 0.05) is 18.1 Å². The number of ether oxygens (including phenoxy) is 1. The molecule has 0 amide bonds. The molecule has 0 saturated carbocycles. The standard InChI is InChI=1S/C11H9NO2/c1-2-10-9(4-6-13-10)7-8(1)11-3-5-12-14-11/h1-3,5,7H,4,6H2. The van der Waals surface area contributed by atoms with Crippen LogP contribution in [0.5, 0.6) is 5.75 Å². The minimum absolute atomic E-state index is 0.787. The number of benzene rings is 1. The molecule has 2 heterocycles. The van der Waals surface area contributed by atoms with Crippen LogP contribution in [0.15, 0.2) is 35.0 Å². The molecule has 0 radical (unpaired) electrons. The molecule has 1 aliphatic heterocycles. The van der Waals surface area contributed by atoms with Gasteiger partial charge in [0.2, 0.25) is 0 Å². The summed E-state index contributed by atoms with van der Waals surface area (Å²) in [4.78, 5) is 0. The van der Waals surface area contributed by atoms with Gasteiger partial charge < -0.3 is 9.26 Å². The Kier molecular flexibility index (Phi) is 1.56. The van der Waals surface area contributed by atoms with Gasteiger partial charge in [-0.05, 0) is 23.8 Å². The summed E-state index contributed by atoms with van der Waals surface area (Å²) in [6.07, 6.45) is 2.64. The fraction of sp³-hybridized carbons (Fsp3) is 0.182. The third kappa shape index (κ3) is 1.09. The Hall–Kier alpha value is -1.77. The molecule has 2 aromatic rings. The van der Waals surface area contributed by atoms with Crippen LogP contribution < -0.4 is 4.74 Å². The highest BCUT2D eigenvalue weighted by Crippen LogP contribution is 2.30. The van der Waals surface area contributed by atoms with Crippen LogP contribution in [-0.2, 0) is 6.42 Å². The van der Waals surface area contributed by atoms with E-state index in [1.807, 2.05) is 18.2 Å². The Labute approximate surface area is 81.3 Å². The van der Waals surface area contributed by atoms with Gasteiger partial charge in [0.05, 0.1) is 12.8 Å². The molecule has 3 rings (SSSR count). The van der Waals surface area contributed by atoms with Crippen molar-refractivity contribution in [2.45, 2.75) is 6.42 Å². The normalized spacial score (nSPS) is 13.7. The Balaban J connectivity index is 2.09. The first kappa shape index (κ1) is 7.62. The molecule has 3 heteroatoms. The van der Waals surface area contributed by atoms with Gasteiger partial charge in [-0.15, -0.1) is 0 Å². The van der Waals surface area contributed by atoms with Crippen LogP contribution >= 0.6 is 0 Å². The van der Waals surface area contributed by atoms with Crippen LogP contribution in [0.1, 0.15) is 5.56 Å². The maximum atomic E-state index is 5.42. The van der Waals surface area contributed by atoms with Gasteiger partial charge in [-0.25, -0.2) is 0 Å². The Morgan fingerprint density at radius 2 is 2.21 bits per heavy atom. The quantitative estimate of drug-likeness (QED) is 0.687. The summed E-state index contributed by atoms with van der Waals surface area (Å²) >= 11 is 0. The van der Waals surface area contributed by atoms with Gasteiger partial charge >= 0.3 is 0 Å². The molecule has 0 spiro atoms. The lowest BCUT2D eigenvalue weighted by molar-refractivity contribution is 0.357. The summed E-state index contributed by atoms with van der Waals surface area (Å²) in [6, 6.07) is 7.94. The number of rotatable bonds is 1. The van der Waals surface area contributed by atoms with Crippen LogP contribution in [0.2, 0.25) is 0 Å². The smallest absolute Gasteiger partial charge is 0.166 e.